The highest BCUT2D eigenvalue weighted by molar-refractivity contribution is 5.98. The molecule has 77 heavy (non-hydrogen) atoms. The molecule has 24 nitrogen and oxygen atoms in total. The van der Waals surface area contributed by atoms with Crippen molar-refractivity contribution < 1.29 is 67.1 Å². The number of nitrogens with one attached hydrogen (secondary N) is 7. The average Bonchev–Trinajstić information content (AvgIpc) is 4.15. The number of hydrogen-bond donors (Lipinski definition) is 11. The number of carbonyl (C=O) groups is 8. The molecule has 0 unspecified atom stereocenters. The van der Waals surface area contributed by atoms with E-state index in [0.29, 0.717) is 56.5 Å². The summed E-state index contributed by atoms with van der Waals surface area (Å²) in [5, 5.41) is 24.8. The fraction of sp³-hybridized carbons (Fsp3) is 0.623. The fourth-order valence-corrected chi connectivity index (χ4v) is 8.85. The van der Waals surface area contributed by atoms with Crippen LogP contribution in [0.4, 0.5) is 15.3 Å². The molecule has 3 aliphatic heterocycles. The van der Waals surface area contributed by atoms with E-state index in [2.05, 4.69) is 44.4 Å². The number of hydrazine groups is 1. The number of allylic oxidation sites excluding steroid dienone is 2. The smallest absolute Gasteiger partial charge is 0.426 e. The maximum Gasteiger partial charge on any atom is 0.426 e. The van der Waals surface area contributed by atoms with Gasteiger partial charge in [0.1, 0.15) is 42.6 Å². The molecule has 12 atom stereocenters. The zero-order valence-electron chi connectivity index (χ0n) is 45.3. The minimum atomic E-state index is -1.07. The highest BCUT2D eigenvalue weighted by Crippen LogP contribution is 2.43. The standard InChI is InChI=1S/C53H82N10O14/c1-30(2)46(61-48(68)39(55)11-8-9-23-54)50(70)60-40(12-10-24-57-51(56)71)49(69)58-37-18-16-36(17-19-37)28-73-52(72)63-62-45(66)26-38-27-53(29-74-53)47(67)43(77-38)21-14-31(3)13-20-42-32(4)25-41(34(6)76-42)59-44(65)22-15-33(5)75-35(7)64/h13-19,21-22,30,32-34,38-43,46-47,67H,8-12,20,23-29,54-55H2,1-7H3,(H,58,69)(H,59,65)(H,60,70)(H,61,68)(H,62,66)(H,63,72)(H3,56,57,71)/b21-14+,22-15-,31-13+/t32-,33-,34+,38+,39-,40-,41+,42-,43+,46-,47+,53+/m0/s1. The lowest BCUT2D eigenvalue weighted by Gasteiger charge is -2.39. The molecule has 0 bridgehead atoms. The number of primary amides is 1. The lowest BCUT2D eigenvalue weighted by molar-refractivity contribution is -0.146. The van der Waals surface area contributed by atoms with Crippen molar-refractivity contribution in [1.82, 2.24) is 32.1 Å². The fourth-order valence-electron chi connectivity index (χ4n) is 8.85. The van der Waals surface area contributed by atoms with Crippen LogP contribution in [0.25, 0.3) is 0 Å². The highest BCUT2D eigenvalue weighted by atomic mass is 16.6. The molecule has 3 saturated heterocycles. The number of aliphatic hydroxyl groups excluding tert-OH is 1. The molecule has 0 radical (unpaired) electrons. The van der Waals surface area contributed by atoms with Crippen LogP contribution in [0.3, 0.4) is 0 Å². The molecule has 14 N–H and O–H groups in total. The molecule has 8 amide bonds. The van der Waals surface area contributed by atoms with E-state index < -0.39 is 89.9 Å². The summed E-state index contributed by atoms with van der Waals surface area (Å²) in [4.78, 5) is 100. The number of carbonyl (C=O) groups excluding carboxylic acids is 8. The van der Waals surface area contributed by atoms with Crippen molar-refractivity contribution in [3.63, 3.8) is 0 Å². The Hall–Kier alpha value is -6.44. The Morgan fingerprint density at radius 1 is 0.909 bits per heavy atom. The predicted octanol–water partition coefficient (Wildman–Crippen LogP) is 1.79. The minimum Gasteiger partial charge on any atom is -0.459 e. The molecular formula is C53H82N10O14. The second-order valence-electron chi connectivity index (χ2n) is 20.4. The van der Waals surface area contributed by atoms with Crippen molar-refractivity contribution in [2.75, 3.05) is 25.0 Å². The zero-order valence-corrected chi connectivity index (χ0v) is 45.3. The topological polar surface area (TPSA) is 369 Å². The average molecular weight is 1080 g/mol. The quantitative estimate of drug-likeness (QED) is 0.0149. The van der Waals surface area contributed by atoms with Crippen molar-refractivity contribution in [3.8, 4) is 0 Å². The van der Waals surface area contributed by atoms with Crippen LogP contribution in [0.2, 0.25) is 0 Å². The summed E-state index contributed by atoms with van der Waals surface area (Å²) in [7, 11) is 0. The highest BCUT2D eigenvalue weighted by Gasteiger charge is 2.58. The number of anilines is 1. The third-order valence-electron chi connectivity index (χ3n) is 13.4. The van der Waals surface area contributed by atoms with Gasteiger partial charge in [-0.25, -0.2) is 15.0 Å². The second kappa shape index (κ2) is 31.1. The van der Waals surface area contributed by atoms with Crippen LogP contribution in [-0.2, 0) is 59.1 Å². The van der Waals surface area contributed by atoms with Gasteiger partial charge in [0.15, 0.2) is 0 Å². The van der Waals surface area contributed by atoms with Gasteiger partial charge in [-0.1, -0.05) is 63.1 Å². The van der Waals surface area contributed by atoms with Crippen LogP contribution >= 0.6 is 0 Å². The van der Waals surface area contributed by atoms with Crippen molar-refractivity contribution in [1.29, 1.82) is 0 Å². The predicted molar refractivity (Wildman–Crippen MR) is 283 cm³/mol. The molecule has 1 spiro atoms. The number of nitrogens with two attached hydrogens (primary N) is 3. The number of unbranched alkanes of at least 4 members (excludes halogenated alkanes) is 1. The van der Waals surface area contributed by atoms with E-state index in [4.69, 9.17) is 40.9 Å². The summed E-state index contributed by atoms with van der Waals surface area (Å²) >= 11 is 0. The van der Waals surface area contributed by atoms with Crippen LogP contribution in [0.15, 0.2) is 60.2 Å². The molecule has 428 valence electrons. The normalized spacial score (nSPS) is 24.7. The molecule has 3 fully saturated rings. The number of rotatable bonds is 27. The molecule has 0 aromatic heterocycles. The second-order valence-corrected chi connectivity index (χ2v) is 20.4. The van der Waals surface area contributed by atoms with Crippen molar-refractivity contribution in [2.24, 2.45) is 29.0 Å². The number of aliphatic hydroxyl groups is 1. The van der Waals surface area contributed by atoms with E-state index in [9.17, 15) is 43.5 Å². The van der Waals surface area contributed by atoms with Gasteiger partial charge in [0.05, 0.1) is 43.4 Å². The van der Waals surface area contributed by atoms with E-state index >= 15 is 0 Å². The number of urea groups is 1. The Bertz CT molecular complexity index is 2260. The van der Waals surface area contributed by atoms with Gasteiger partial charge in [0.2, 0.25) is 29.5 Å². The maximum absolute atomic E-state index is 13.5. The molecule has 3 heterocycles. The van der Waals surface area contributed by atoms with Crippen molar-refractivity contribution in [2.45, 2.75) is 179 Å². The van der Waals surface area contributed by atoms with Crippen LogP contribution in [0.5, 0.6) is 0 Å². The van der Waals surface area contributed by atoms with E-state index in [0.717, 1.165) is 5.57 Å². The lowest BCUT2D eigenvalue weighted by atomic mass is 9.87. The van der Waals surface area contributed by atoms with Gasteiger partial charge in [0.25, 0.3) is 0 Å². The van der Waals surface area contributed by atoms with Gasteiger partial charge >= 0.3 is 18.1 Å². The van der Waals surface area contributed by atoms with Gasteiger partial charge in [0, 0.05) is 31.7 Å². The summed E-state index contributed by atoms with van der Waals surface area (Å²) in [6.45, 7) is 13.1. The molecule has 1 aromatic carbocycles. The monoisotopic (exact) mass is 1080 g/mol. The Labute approximate surface area is 450 Å². The number of ether oxygens (including phenoxy) is 5. The van der Waals surface area contributed by atoms with E-state index in [1.807, 2.05) is 26.0 Å². The summed E-state index contributed by atoms with van der Waals surface area (Å²) in [5.41, 5.74) is 22.3. The molecule has 1 aromatic rings. The van der Waals surface area contributed by atoms with Gasteiger partial charge in [-0.05, 0) is 101 Å². The van der Waals surface area contributed by atoms with E-state index in [-0.39, 0.29) is 74.8 Å². The Morgan fingerprint density at radius 3 is 2.27 bits per heavy atom. The van der Waals surface area contributed by atoms with Crippen LogP contribution in [0.1, 0.15) is 112 Å². The number of epoxide rings is 1. The third kappa shape index (κ3) is 21.8. The van der Waals surface area contributed by atoms with Gasteiger partial charge in [-0.15, -0.1) is 0 Å². The molecule has 0 saturated carbocycles. The van der Waals surface area contributed by atoms with Gasteiger partial charge in [-0.2, -0.15) is 0 Å². The third-order valence-corrected chi connectivity index (χ3v) is 13.4. The van der Waals surface area contributed by atoms with Gasteiger partial charge in [-0.3, -0.25) is 34.2 Å². The first-order valence-corrected chi connectivity index (χ1v) is 26.3. The van der Waals surface area contributed by atoms with E-state index in [1.54, 1.807) is 51.1 Å². The number of hydrogen-bond acceptors (Lipinski definition) is 16. The molecular weight excluding hydrogens is 1000 g/mol. The Morgan fingerprint density at radius 2 is 1.62 bits per heavy atom. The summed E-state index contributed by atoms with van der Waals surface area (Å²) in [6, 6.07) is 2.49. The van der Waals surface area contributed by atoms with Crippen molar-refractivity contribution >= 4 is 53.3 Å². The first-order chi connectivity index (χ1) is 36.5. The van der Waals surface area contributed by atoms with Crippen LogP contribution in [-0.4, -0.2) is 139 Å². The first-order valence-electron chi connectivity index (χ1n) is 26.3. The lowest BCUT2D eigenvalue weighted by Crippen LogP contribution is -2.56. The number of benzene rings is 1. The molecule has 4 rings (SSSR count). The minimum absolute atomic E-state index is 0.0970. The number of esters is 1. The maximum atomic E-state index is 13.5. The molecule has 0 aliphatic carbocycles. The molecule has 3 aliphatic rings. The number of amides is 8. The first kappa shape index (κ1) is 63.1. The Kier molecular flexibility index (Phi) is 25.5. The van der Waals surface area contributed by atoms with Crippen LogP contribution in [0, 0.1) is 11.8 Å². The van der Waals surface area contributed by atoms with Gasteiger partial charge < -0.3 is 72.6 Å². The Balaban J connectivity index is 1.22. The summed E-state index contributed by atoms with van der Waals surface area (Å²) in [5.74, 6) is -3.18. The van der Waals surface area contributed by atoms with Crippen molar-refractivity contribution in [3.05, 3.63) is 65.8 Å². The summed E-state index contributed by atoms with van der Waals surface area (Å²) < 4.78 is 28.4. The largest absolute Gasteiger partial charge is 0.459 e. The summed E-state index contributed by atoms with van der Waals surface area (Å²) in [6.07, 6.45) is 7.83. The van der Waals surface area contributed by atoms with Crippen LogP contribution < -0.4 is 54.6 Å². The molecule has 24 heteroatoms. The SMILES string of the molecule is CC(=O)O[C@@H](C)/C=C\C(=O)N[C@@H]1C[C@H](C)[C@H](C/C=C(C)/C=C/[C@H]2O[C@H](CC(=O)NNC(=O)OCc3ccc(NC(=O)[C@H](CCCNC(N)=O)NC(=O)[C@@H](NC(=O)[C@@H](N)CCCCN)C(C)C)cc3)C[C@@]3(CO3)[C@@H]2O)O[C@@H]1C. The zero-order chi connectivity index (χ0) is 56.8. The van der Waals surface area contributed by atoms with E-state index in [1.165, 1.54) is 19.1 Å².